The maximum Gasteiger partial charge on any atom is 0.230 e. The summed E-state index contributed by atoms with van der Waals surface area (Å²) >= 11 is 1.63. The minimum atomic E-state index is 0.0500. The van der Waals surface area contributed by atoms with Crippen molar-refractivity contribution in [1.82, 2.24) is 5.32 Å². The lowest BCUT2D eigenvalue weighted by Gasteiger charge is -2.11. The van der Waals surface area contributed by atoms with Crippen LogP contribution < -0.4 is 10.1 Å². The van der Waals surface area contributed by atoms with E-state index < -0.39 is 0 Å². The van der Waals surface area contributed by atoms with Crippen molar-refractivity contribution in [1.29, 1.82) is 0 Å². The summed E-state index contributed by atoms with van der Waals surface area (Å²) in [7, 11) is 0. The number of carbonyl (C=O) groups excluding carboxylic acids is 1. The maximum absolute atomic E-state index is 12.0. The molecule has 0 unspecified atom stereocenters. The van der Waals surface area contributed by atoms with Gasteiger partial charge in [-0.3, -0.25) is 4.79 Å². The van der Waals surface area contributed by atoms with Gasteiger partial charge < -0.3 is 10.1 Å². The average molecular weight is 329 g/mol. The van der Waals surface area contributed by atoms with Gasteiger partial charge in [-0.2, -0.15) is 0 Å². The molecule has 0 saturated carbocycles. The molecule has 0 heterocycles. The molecule has 0 bridgehead atoms. The molecule has 4 heteroatoms. The summed E-state index contributed by atoms with van der Waals surface area (Å²) in [5.41, 5.74) is 3.51. The summed E-state index contributed by atoms with van der Waals surface area (Å²) in [5.74, 6) is 2.20. The third-order valence-corrected chi connectivity index (χ3v) is 4.34. The fourth-order valence-corrected chi connectivity index (χ4v) is 3.06. The van der Waals surface area contributed by atoms with E-state index in [1.54, 1.807) is 11.8 Å². The Morgan fingerprint density at radius 2 is 2.00 bits per heavy atom. The molecule has 0 spiro atoms. The Kier molecular flexibility index (Phi) is 7.01. The molecule has 23 heavy (non-hydrogen) atoms. The molecule has 0 aromatic heterocycles. The van der Waals surface area contributed by atoms with Gasteiger partial charge in [0.1, 0.15) is 5.75 Å². The number of carbonyl (C=O) groups is 1. The van der Waals surface area contributed by atoms with Crippen molar-refractivity contribution in [2.45, 2.75) is 26.1 Å². The lowest BCUT2D eigenvalue weighted by Crippen LogP contribution is -2.24. The molecule has 2 rings (SSSR count). The Hall–Kier alpha value is -1.94. The van der Waals surface area contributed by atoms with Crippen molar-refractivity contribution in [3.05, 3.63) is 65.2 Å². The minimum Gasteiger partial charge on any atom is -0.494 e. The summed E-state index contributed by atoms with van der Waals surface area (Å²) in [4.78, 5) is 12.0. The molecular weight excluding hydrogens is 306 g/mol. The number of para-hydroxylation sites is 1. The Balaban J connectivity index is 1.75. The first-order chi connectivity index (χ1) is 11.2. The lowest BCUT2D eigenvalue weighted by molar-refractivity contribution is -0.118. The van der Waals surface area contributed by atoms with Crippen LogP contribution in [0.25, 0.3) is 0 Å². The van der Waals surface area contributed by atoms with E-state index in [1.165, 1.54) is 11.1 Å². The zero-order chi connectivity index (χ0) is 16.5. The average Bonchev–Trinajstić information content (AvgIpc) is 2.54. The van der Waals surface area contributed by atoms with Gasteiger partial charge in [-0.15, -0.1) is 11.8 Å². The highest BCUT2D eigenvalue weighted by Gasteiger charge is 2.06. The van der Waals surface area contributed by atoms with Gasteiger partial charge >= 0.3 is 0 Å². The van der Waals surface area contributed by atoms with Crippen LogP contribution in [0.5, 0.6) is 5.75 Å². The number of amides is 1. The molecule has 1 N–H and O–H groups in total. The van der Waals surface area contributed by atoms with E-state index in [2.05, 4.69) is 36.5 Å². The molecule has 0 radical (unpaired) electrons. The smallest absolute Gasteiger partial charge is 0.230 e. The number of nitrogens with one attached hydrogen (secondary N) is 1. The lowest BCUT2D eigenvalue weighted by atomic mass is 10.2. The monoisotopic (exact) mass is 329 g/mol. The highest BCUT2D eigenvalue weighted by atomic mass is 32.2. The van der Waals surface area contributed by atoms with Gasteiger partial charge in [0.15, 0.2) is 0 Å². The first-order valence-corrected chi connectivity index (χ1v) is 8.95. The summed E-state index contributed by atoms with van der Waals surface area (Å²) in [6.07, 6.45) is 0. The molecule has 0 atom stereocenters. The van der Waals surface area contributed by atoms with E-state index in [4.69, 9.17) is 4.74 Å². The van der Waals surface area contributed by atoms with Crippen LogP contribution in [-0.4, -0.2) is 18.3 Å². The van der Waals surface area contributed by atoms with Gasteiger partial charge in [-0.1, -0.05) is 48.0 Å². The van der Waals surface area contributed by atoms with Gasteiger partial charge in [0.2, 0.25) is 5.91 Å². The number of rotatable bonds is 8. The number of ether oxygens (including phenoxy) is 1. The van der Waals surface area contributed by atoms with Gasteiger partial charge in [-0.25, -0.2) is 0 Å². The van der Waals surface area contributed by atoms with E-state index >= 15 is 0 Å². The van der Waals surface area contributed by atoms with E-state index in [0.717, 1.165) is 17.1 Å². The fraction of sp³-hybridized carbons (Fsp3) is 0.316. The second-order valence-corrected chi connectivity index (χ2v) is 6.28. The van der Waals surface area contributed by atoms with Crippen LogP contribution in [0.2, 0.25) is 0 Å². The van der Waals surface area contributed by atoms with E-state index in [-0.39, 0.29) is 5.91 Å². The molecule has 1 amide bonds. The third-order valence-electron chi connectivity index (χ3n) is 3.33. The zero-order valence-corrected chi connectivity index (χ0v) is 14.5. The summed E-state index contributed by atoms with van der Waals surface area (Å²) in [6.45, 7) is 5.16. The van der Waals surface area contributed by atoms with Crippen molar-refractivity contribution < 1.29 is 9.53 Å². The Labute approximate surface area is 142 Å². The fourth-order valence-electron chi connectivity index (χ4n) is 2.25. The summed E-state index contributed by atoms with van der Waals surface area (Å²) in [5, 5.41) is 2.96. The largest absolute Gasteiger partial charge is 0.494 e. The highest BCUT2D eigenvalue weighted by Crippen LogP contribution is 2.18. The highest BCUT2D eigenvalue weighted by molar-refractivity contribution is 7.99. The number of aryl methyl sites for hydroxylation is 1. The molecule has 3 nitrogen and oxygen atoms in total. The van der Waals surface area contributed by atoms with Crippen LogP contribution in [0.3, 0.4) is 0 Å². The molecule has 0 fully saturated rings. The zero-order valence-electron chi connectivity index (χ0n) is 13.7. The molecule has 2 aromatic carbocycles. The SMILES string of the molecule is CCOc1ccccc1CNC(=O)CSCc1cccc(C)c1. The standard InChI is InChI=1S/C19H23NO2S/c1-3-22-18-10-5-4-9-17(18)12-20-19(21)14-23-13-16-8-6-7-15(2)11-16/h4-11H,3,12-14H2,1-2H3,(H,20,21). The van der Waals surface area contributed by atoms with Gasteiger partial charge in [0.25, 0.3) is 0 Å². The predicted molar refractivity (Wildman–Crippen MR) is 96.8 cm³/mol. The first-order valence-electron chi connectivity index (χ1n) is 7.79. The predicted octanol–water partition coefficient (Wildman–Crippen LogP) is 3.94. The van der Waals surface area contributed by atoms with Crippen molar-refractivity contribution in [3.8, 4) is 5.75 Å². The van der Waals surface area contributed by atoms with Gasteiger partial charge in [0, 0.05) is 17.9 Å². The van der Waals surface area contributed by atoms with Crippen LogP contribution in [0.1, 0.15) is 23.6 Å². The first kappa shape index (κ1) is 17.4. The third kappa shape index (κ3) is 5.99. The molecule has 0 aliphatic rings. The molecule has 122 valence electrons. The Morgan fingerprint density at radius 3 is 2.78 bits per heavy atom. The van der Waals surface area contributed by atoms with Crippen LogP contribution in [0, 0.1) is 6.92 Å². The topological polar surface area (TPSA) is 38.3 Å². The van der Waals surface area contributed by atoms with E-state index in [0.29, 0.717) is 18.9 Å². The second kappa shape index (κ2) is 9.26. The quantitative estimate of drug-likeness (QED) is 0.797. The Morgan fingerprint density at radius 1 is 1.17 bits per heavy atom. The molecular formula is C19H23NO2S. The van der Waals surface area contributed by atoms with Crippen molar-refractivity contribution in [3.63, 3.8) is 0 Å². The molecule has 0 aliphatic heterocycles. The van der Waals surface area contributed by atoms with Crippen LogP contribution in [0.4, 0.5) is 0 Å². The van der Waals surface area contributed by atoms with Crippen LogP contribution in [0.15, 0.2) is 48.5 Å². The molecule has 0 aliphatic carbocycles. The minimum absolute atomic E-state index is 0.0500. The molecule has 2 aromatic rings. The van der Waals surface area contributed by atoms with Gasteiger partial charge in [0.05, 0.1) is 12.4 Å². The van der Waals surface area contributed by atoms with Crippen molar-refractivity contribution >= 4 is 17.7 Å². The van der Waals surface area contributed by atoms with Crippen molar-refractivity contribution in [2.24, 2.45) is 0 Å². The number of hydrogen-bond donors (Lipinski definition) is 1. The normalized spacial score (nSPS) is 10.3. The second-order valence-electron chi connectivity index (χ2n) is 5.30. The Bertz CT molecular complexity index is 643. The van der Waals surface area contributed by atoms with Gasteiger partial charge in [-0.05, 0) is 25.5 Å². The van der Waals surface area contributed by atoms with Crippen LogP contribution >= 0.6 is 11.8 Å². The summed E-state index contributed by atoms with van der Waals surface area (Å²) in [6, 6.07) is 16.2. The van der Waals surface area contributed by atoms with E-state index in [9.17, 15) is 4.79 Å². The summed E-state index contributed by atoms with van der Waals surface area (Å²) < 4.78 is 5.56. The number of thioether (sulfide) groups is 1. The van der Waals surface area contributed by atoms with Crippen molar-refractivity contribution in [2.75, 3.05) is 12.4 Å². The number of benzene rings is 2. The van der Waals surface area contributed by atoms with E-state index in [1.807, 2.05) is 31.2 Å². The van der Waals surface area contributed by atoms with Crippen LogP contribution in [-0.2, 0) is 17.1 Å². The maximum atomic E-state index is 12.0. The molecule has 0 saturated heterocycles. The number of hydrogen-bond acceptors (Lipinski definition) is 3.